The van der Waals surface area contributed by atoms with Crippen molar-refractivity contribution >= 4 is 44.8 Å². The van der Waals surface area contributed by atoms with Gasteiger partial charge in [-0.2, -0.15) is 4.31 Å². The molecule has 1 saturated heterocycles. The van der Waals surface area contributed by atoms with E-state index in [9.17, 15) is 8.42 Å². The molecule has 0 unspecified atom stereocenters. The van der Waals surface area contributed by atoms with Crippen molar-refractivity contribution < 1.29 is 17.9 Å². The summed E-state index contributed by atoms with van der Waals surface area (Å²) >= 11 is 18.4. The SMILES string of the molecule is O=S(=O)(c1cccc(Cl)c1Cl)N1CCN(Cc2cc(Cl)cc3c2OCOC3)CC1. The van der Waals surface area contributed by atoms with Crippen LogP contribution in [0.4, 0.5) is 0 Å². The van der Waals surface area contributed by atoms with Crippen LogP contribution in [-0.2, 0) is 27.9 Å². The minimum Gasteiger partial charge on any atom is -0.467 e. The zero-order valence-corrected chi connectivity index (χ0v) is 18.5. The molecule has 2 aliphatic rings. The highest BCUT2D eigenvalue weighted by atomic mass is 35.5. The van der Waals surface area contributed by atoms with Crippen LogP contribution in [0.1, 0.15) is 11.1 Å². The van der Waals surface area contributed by atoms with Crippen LogP contribution in [0.15, 0.2) is 35.2 Å². The highest BCUT2D eigenvalue weighted by molar-refractivity contribution is 7.89. The van der Waals surface area contributed by atoms with Crippen molar-refractivity contribution in [1.82, 2.24) is 9.21 Å². The van der Waals surface area contributed by atoms with Gasteiger partial charge in [0.1, 0.15) is 10.6 Å². The molecule has 0 amide bonds. The third-order valence-corrected chi connectivity index (χ3v) is 8.10. The fourth-order valence-corrected chi connectivity index (χ4v) is 5.99. The largest absolute Gasteiger partial charge is 0.467 e. The lowest BCUT2D eigenvalue weighted by atomic mass is 10.1. The van der Waals surface area contributed by atoms with Gasteiger partial charge in [-0.25, -0.2) is 8.42 Å². The molecule has 0 atom stereocenters. The van der Waals surface area contributed by atoms with E-state index in [1.54, 1.807) is 12.1 Å². The van der Waals surface area contributed by atoms with Gasteiger partial charge in [-0.1, -0.05) is 40.9 Å². The molecule has 6 nitrogen and oxygen atoms in total. The van der Waals surface area contributed by atoms with E-state index < -0.39 is 10.0 Å². The van der Waals surface area contributed by atoms with Crippen molar-refractivity contribution in [2.45, 2.75) is 18.0 Å². The summed E-state index contributed by atoms with van der Waals surface area (Å²) in [4.78, 5) is 2.22. The Bertz CT molecular complexity index is 1020. The Morgan fingerprint density at radius 2 is 1.79 bits per heavy atom. The van der Waals surface area contributed by atoms with Crippen LogP contribution in [-0.4, -0.2) is 50.6 Å². The van der Waals surface area contributed by atoms with Gasteiger partial charge >= 0.3 is 0 Å². The monoisotopic (exact) mass is 476 g/mol. The van der Waals surface area contributed by atoms with Crippen LogP contribution in [0.25, 0.3) is 0 Å². The van der Waals surface area contributed by atoms with Gasteiger partial charge in [0.05, 0.1) is 16.7 Å². The van der Waals surface area contributed by atoms with Crippen LogP contribution < -0.4 is 4.74 Å². The zero-order chi connectivity index (χ0) is 20.6. The molecule has 2 aromatic rings. The van der Waals surface area contributed by atoms with E-state index in [0.29, 0.717) is 44.4 Å². The van der Waals surface area contributed by atoms with Crippen molar-refractivity contribution in [2.75, 3.05) is 33.0 Å². The zero-order valence-electron chi connectivity index (χ0n) is 15.4. The first kappa shape index (κ1) is 21.2. The predicted octanol–water partition coefficient (Wildman–Crippen LogP) is 4.02. The van der Waals surface area contributed by atoms with E-state index in [0.717, 1.165) is 16.9 Å². The summed E-state index contributed by atoms with van der Waals surface area (Å²) in [6, 6.07) is 8.37. The first-order chi connectivity index (χ1) is 13.9. The normalized spacial score (nSPS) is 18.3. The Hall–Kier alpha value is -1.06. The average molecular weight is 478 g/mol. The quantitative estimate of drug-likeness (QED) is 0.666. The smallest absolute Gasteiger partial charge is 0.244 e. The second kappa shape index (κ2) is 8.59. The second-order valence-electron chi connectivity index (χ2n) is 6.90. The topological polar surface area (TPSA) is 59.1 Å². The van der Waals surface area contributed by atoms with Crippen LogP contribution in [0.3, 0.4) is 0 Å². The van der Waals surface area contributed by atoms with Crippen LogP contribution >= 0.6 is 34.8 Å². The standard InChI is InChI=1S/C19H19Cl3N2O4S/c20-15-8-13(19-14(9-15)11-27-12-28-19)10-23-4-6-24(7-5-23)29(25,26)17-3-1-2-16(21)18(17)22/h1-3,8-9H,4-7,10-12H2. The summed E-state index contributed by atoms with van der Waals surface area (Å²) in [6.07, 6.45) is 0. The molecule has 10 heteroatoms. The Morgan fingerprint density at radius 3 is 2.55 bits per heavy atom. The van der Waals surface area contributed by atoms with E-state index in [1.165, 1.54) is 10.4 Å². The maximum absolute atomic E-state index is 13.0. The maximum Gasteiger partial charge on any atom is 0.244 e. The molecule has 0 saturated carbocycles. The lowest BCUT2D eigenvalue weighted by Crippen LogP contribution is -2.48. The summed E-state index contributed by atoms with van der Waals surface area (Å²) < 4.78 is 38.4. The fourth-order valence-electron chi connectivity index (χ4n) is 3.57. The van der Waals surface area contributed by atoms with Crippen molar-refractivity contribution in [1.29, 1.82) is 0 Å². The van der Waals surface area contributed by atoms with Gasteiger partial charge in [-0.05, 0) is 24.3 Å². The van der Waals surface area contributed by atoms with Crippen molar-refractivity contribution in [2.24, 2.45) is 0 Å². The molecule has 2 heterocycles. The maximum atomic E-state index is 13.0. The molecule has 2 aliphatic heterocycles. The van der Waals surface area contributed by atoms with Crippen LogP contribution in [0.5, 0.6) is 5.75 Å². The van der Waals surface area contributed by atoms with Gasteiger partial charge in [0, 0.05) is 48.9 Å². The van der Waals surface area contributed by atoms with E-state index in [2.05, 4.69) is 4.90 Å². The average Bonchev–Trinajstić information content (AvgIpc) is 2.70. The number of sulfonamides is 1. The number of fused-ring (bicyclic) bond motifs is 1. The number of hydrogen-bond acceptors (Lipinski definition) is 5. The minimum atomic E-state index is -3.70. The number of halogens is 3. The first-order valence-corrected chi connectivity index (χ1v) is 11.6. The summed E-state index contributed by atoms with van der Waals surface area (Å²) in [6.45, 7) is 3.18. The summed E-state index contributed by atoms with van der Waals surface area (Å²) in [5.74, 6) is 0.807. The Kier molecular flexibility index (Phi) is 6.27. The first-order valence-electron chi connectivity index (χ1n) is 9.04. The molecule has 4 rings (SSSR count). The summed E-state index contributed by atoms with van der Waals surface area (Å²) in [5.41, 5.74) is 1.90. The van der Waals surface area contributed by atoms with Gasteiger partial charge in [0.2, 0.25) is 10.0 Å². The molecule has 29 heavy (non-hydrogen) atoms. The number of ether oxygens (including phenoxy) is 2. The Balaban J connectivity index is 1.47. The van der Waals surface area contributed by atoms with Crippen LogP contribution in [0, 0.1) is 0 Å². The molecular weight excluding hydrogens is 459 g/mol. The third kappa shape index (κ3) is 4.37. The fraction of sp³-hybridized carbons (Fsp3) is 0.368. The molecule has 0 aromatic heterocycles. The highest BCUT2D eigenvalue weighted by Crippen LogP contribution is 2.34. The molecule has 0 radical (unpaired) electrons. The van der Waals surface area contributed by atoms with Gasteiger partial charge in [0.25, 0.3) is 0 Å². The number of hydrogen-bond donors (Lipinski definition) is 0. The molecule has 0 spiro atoms. The van der Waals surface area contributed by atoms with Gasteiger partial charge in [-0.3, -0.25) is 4.90 Å². The van der Waals surface area contributed by atoms with E-state index in [1.807, 2.05) is 12.1 Å². The van der Waals surface area contributed by atoms with E-state index >= 15 is 0 Å². The predicted molar refractivity (Wildman–Crippen MR) is 112 cm³/mol. The molecule has 2 aromatic carbocycles. The Morgan fingerprint density at radius 1 is 1.03 bits per heavy atom. The van der Waals surface area contributed by atoms with Crippen LogP contribution in [0.2, 0.25) is 15.1 Å². The van der Waals surface area contributed by atoms with E-state index in [4.69, 9.17) is 44.3 Å². The molecular formula is C19H19Cl3N2O4S. The van der Waals surface area contributed by atoms with E-state index in [-0.39, 0.29) is 21.7 Å². The van der Waals surface area contributed by atoms with Gasteiger partial charge in [0.15, 0.2) is 6.79 Å². The lowest BCUT2D eigenvalue weighted by Gasteiger charge is -2.34. The number of piperazine rings is 1. The number of benzene rings is 2. The third-order valence-electron chi connectivity index (χ3n) is 5.01. The molecule has 0 aliphatic carbocycles. The molecule has 0 N–H and O–H groups in total. The lowest BCUT2D eigenvalue weighted by molar-refractivity contribution is -0.0175. The van der Waals surface area contributed by atoms with Gasteiger partial charge < -0.3 is 9.47 Å². The number of nitrogens with zero attached hydrogens (tertiary/aromatic N) is 2. The highest BCUT2D eigenvalue weighted by Gasteiger charge is 2.31. The second-order valence-corrected chi connectivity index (χ2v) is 10.0. The Labute approximate surface area is 184 Å². The van der Waals surface area contributed by atoms with Crippen molar-refractivity contribution in [3.8, 4) is 5.75 Å². The number of rotatable bonds is 4. The van der Waals surface area contributed by atoms with Crippen molar-refractivity contribution in [3.05, 3.63) is 56.5 Å². The summed E-state index contributed by atoms with van der Waals surface area (Å²) in [5, 5.41) is 0.910. The molecule has 156 valence electrons. The van der Waals surface area contributed by atoms with Crippen molar-refractivity contribution in [3.63, 3.8) is 0 Å². The molecule has 0 bridgehead atoms. The minimum absolute atomic E-state index is 0.0393. The van der Waals surface area contributed by atoms with Gasteiger partial charge in [-0.15, -0.1) is 0 Å². The summed E-state index contributed by atoms with van der Waals surface area (Å²) in [7, 11) is -3.70. The molecule has 1 fully saturated rings.